The van der Waals surface area contributed by atoms with Gasteiger partial charge in [0.1, 0.15) is 0 Å². The number of amides is 1. The van der Waals surface area contributed by atoms with E-state index in [0.29, 0.717) is 18.5 Å². The van der Waals surface area contributed by atoms with Crippen molar-refractivity contribution in [3.63, 3.8) is 0 Å². The highest BCUT2D eigenvalue weighted by molar-refractivity contribution is 5.81. The molecule has 23 heavy (non-hydrogen) atoms. The second-order valence-electron chi connectivity index (χ2n) is 6.65. The van der Waals surface area contributed by atoms with Crippen molar-refractivity contribution in [2.45, 2.75) is 58.0 Å². The van der Waals surface area contributed by atoms with Gasteiger partial charge in [-0.3, -0.25) is 14.7 Å². The Balaban J connectivity index is 1.90. The Morgan fingerprint density at radius 1 is 1.30 bits per heavy atom. The number of hydrogen-bond donors (Lipinski definition) is 2. The van der Waals surface area contributed by atoms with Gasteiger partial charge in [-0.15, -0.1) is 0 Å². The molecule has 2 aliphatic heterocycles. The van der Waals surface area contributed by atoms with Crippen LogP contribution in [0.2, 0.25) is 0 Å². The van der Waals surface area contributed by atoms with E-state index in [2.05, 4.69) is 29.4 Å². The number of guanidine groups is 1. The van der Waals surface area contributed by atoms with E-state index < -0.39 is 0 Å². The largest absolute Gasteiger partial charge is 0.357 e. The number of rotatable bonds is 5. The van der Waals surface area contributed by atoms with Gasteiger partial charge in [0, 0.05) is 38.6 Å². The van der Waals surface area contributed by atoms with Crippen LogP contribution in [0, 0.1) is 0 Å². The molecule has 6 nitrogen and oxygen atoms in total. The molecule has 2 rings (SSSR count). The molecule has 2 heterocycles. The summed E-state index contributed by atoms with van der Waals surface area (Å²) in [5.41, 5.74) is 0. The Morgan fingerprint density at radius 3 is 2.83 bits per heavy atom. The van der Waals surface area contributed by atoms with Crippen LogP contribution < -0.4 is 10.6 Å². The maximum atomic E-state index is 11.6. The van der Waals surface area contributed by atoms with Gasteiger partial charge in [-0.1, -0.05) is 13.3 Å². The number of aliphatic imine (C=N–C) groups is 1. The van der Waals surface area contributed by atoms with Gasteiger partial charge < -0.3 is 15.5 Å². The lowest BCUT2D eigenvalue weighted by Gasteiger charge is -2.34. The molecule has 2 unspecified atom stereocenters. The summed E-state index contributed by atoms with van der Waals surface area (Å²) in [7, 11) is 1.88. The van der Waals surface area contributed by atoms with Crippen LogP contribution in [0.15, 0.2) is 4.99 Å². The highest BCUT2D eigenvalue weighted by Gasteiger charge is 2.24. The summed E-state index contributed by atoms with van der Waals surface area (Å²) in [4.78, 5) is 20.8. The zero-order chi connectivity index (χ0) is 16.7. The monoisotopic (exact) mass is 323 g/mol. The Kier molecular flexibility index (Phi) is 7.15. The summed E-state index contributed by atoms with van der Waals surface area (Å²) < 4.78 is 0. The second kappa shape index (κ2) is 9.11. The summed E-state index contributed by atoms with van der Waals surface area (Å²) in [5, 5.41) is 6.85. The van der Waals surface area contributed by atoms with Crippen LogP contribution in [0.5, 0.6) is 0 Å². The molecule has 0 aromatic carbocycles. The van der Waals surface area contributed by atoms with Crippen molar-refractivity contribution < 1.29 is 4.79 Å². The van der Waals surface area contributed by atoms with Crippen molar-refractivity contribution >= 4 is 11.9 Å². The average molecular weight is 323 g/mol. The minimum absolute atomic E-state index is 0.241. The lowest BCUT2D eigenvalue weighted by molar-refractivity contribution is -0.132. The zero-order valence-corrected chi connectivity index (χ0v) is 15.0. The molecular formula is C17H33N5O. The predicted molar refractivity (Wildman–Crippen MR) is 94.7 cm³/mol. The van der Waals surface area contributed by atoms with Gasteiger partial charge in [0.2, 0.25) is 5.91 Å². The van der Waals surface area contributed by atoms with E-state index in [1.54, 1.807) is 0 Å². The van der Waals surface area contributed by atoms with Crippen molar-refractivity contribution in [2.24, 2.45) is 4.99 Å². The third kappa shape index (κ3) is 5.37. The first-order chi connectivity index (χ1) is 11.1. The summed E-state index contributed by atoms with van der Waals surface area (Å²) in [6.45, 7) is 9.11. The Hall–Kier alpha value is -1.30. The fourth-order valence-corrected chi connectivity index (χ4v) is 3.52. The average Bonchev–Trinajstić information content (AvgIpc) is 2.56. The molecule has 0 aromatic rings. The normalized spacial score (nSPS) is 27.2. The van der Waals surface area contributed by atoms with E-state index in [1.165, 1.54) is 25.8 Å². The van der Waals surface area contributed by atoms with Gasteiger partial charge in [0.05, 0.1) is 6.54 Å². The highest BCUT2D eigenvalue weighted by atomic mass is 16.2. The first-order valence-corrected chi connectivity index (χ1v) is 9.16. The minimum atomic E-state index is 0.241. The number of nitrogens with zero attached hydrogens (tertiary/aromatic N) is 3. The number of hydrogen-bond acceptors (Lipinski definition) is 3. The first kappa shape index (κ1) is 18.0. The molecule has 0 bridgehead atoms. The van der Waals surface area contributed by atoms with Crippen LogP contribution in [0.1, 0.15) is 46.0 Å². The molecule has 0 spiro atoms. The van der Waals surface area contributed by atoms with Crippen LogP contribution in [0.4, 0.5) is 0 Å². The van der Waals surface area contributed by atoms with E-state index in [4.69, 9.17) is 4.99 Å². The summed E-state index contributed by atoms with van der Waals surface area (Å²) >= 11 is 0. The molecule has 132 valence electrons. The van der Waals surface area contributed by atoms with E-state index >= 15 is 0 Å². The summed E-state index contributed by atoms with van der Waals surface area (Å²) in [6, 6.07) is 0.865. The maximum absolute atomic E-state index is 11.6. The van der Waals surface area contributed by atoms with E-state index in [1.807, 2.05) is 11.9 Å². The van der Waals surface area contributed by atoms with Crippen LogP contribution in [0.25, 0.3) is 0 Å². The lowest BCUT2D eigenvalue weighted by atomic mass is 10.0. The number of likely N-dealkylation sites (tertiary alicyclic amines) is 2. The van der Waals surface area contributed by atoms with Crippen LogP contribution >= 0.6 is 0 Å². The number of likely N-dealkylation sites (N-methyl/N-ethyl adjacent to an activating group) is 2. The van der Waals surface area contributed by atoms with Crippen molar-refractivity contribution in [3.8, 4) is 0 Å². The minimum Gasteiger partial charge on any atom is -0.357 e. The van der Waals surface area contributed by atoms with Gasteiger partial charge in [-0.25, -0.2) is 0 Å². The molecule has 6 heteroatoms. The molecular weight excluding hydrogens is 290 g/mol. The third-order valence-corrected chi connectivity index (χ3v) is 4.93. The maximum Gasteiger partial charge on any atom is 0.222 e. The number of carbonyl (C=O) groups is 1. The molecule has 1 amide bonds. The van der Waals surface area contributed by atoms with Crippen LogP contribution in [-0.2, 0) is 4.79 Å². The number of carbonyl (C=O) groups excluding carboxylic acids is 1. The lowest BCUT2D eigenvalue weighted by Crippen LogP contribution is -2.52. The quantitative estimate of drug-likeness (QED) is 0.586. The zero-order valence-electron chi connectivity index (χ0n) is 15.0. The predicted octanol–water partition coefficient (Wildman–Crippen LogP) is 1.04. The molecule has 0 radical (unpaired) electrons. The van der Waals surface area contributed by atoms with Crippen LogP contribution in [-0.4, -0.2) is 73.5 Å². The standard InChI is InChI=1S/C17H33N5O/c1-4-18-17(20-14-9-10-16(23)21(3)13-14)19-12-15-8-6-7-11-22(15)5-2/h14-15H,4-13H2,1-3H3,(H2,18,19,20). The Morgan fingerprint density at radius 2 is 2.13 bits per heavy atom. The van der Waals surface area contributed by atoms with Gasteiger partial charge >= 0.3 is 0 Å². The molecule has 0 aromatic heterocycles. The van der Waals surface area contributed by atoms with Crippen molar-refractivity contribution in [2.75, 3.05) is 39.8 Å². The summed E-state index contributed by atoms with van der Waals surface area (Å²) in [5.74, 6) is 1.13. The van der Waals surface area contributed by atoms with Gasteiger partial charge in [0.25, 0.3) is 0 Å². The fraction of sp³-hybridized carbons (Fsp3) is 0.882. The molecule has 0 saturated carbocycles. The fourth-order valence-electron chi connectivity index (χ4n) is 3.52. The molecule has 2 saturated heterocycles. The van der Waals surface area contributed by atoms with Crippen molar-refractivity contribution in [1.82, 2.24) is 20.4 Å². The van der Waals surface area contributed by atoms with Gasteiger partial charge in [-0.05, 0) is 39.3 Å². The smallest absolute Gasteiger partial charge is 0.222 e. The second-order valence-corrected chi connectivity index (χ2v) is 6.65. The molecule has 2 atom stereocenters. The number of piperidine rings is 2. The van der Waals surface area contributed by atoms with Crippen molar-refractivity contribution in [3.05, 3.63) is 0 Å². The molecule has 2 fully saturated rings. The molecule has 0 aliphatic carbocycles. The van der Waals surface area contributed by atoms with E-state index in [-0.39, 0.29) is 5.91 Å². The van der Waals surface area contributed by atoms with E-state index in [9.17, 15) is 4.79 Å². The summed E-state index contributed by atoms with van der Waals surface area (Å²) in [6.07, 6.45) is 5.39. The Bertz CT molecular complexity index is 412. The molecule has 2 N–H and O–H groups in total. The van der Waals surface area contributed by atoms with Gasteiger partial charge in [0.15, 0.2) is 5.96 Å². The highest BCUT2D eigenvalue weighted by Crippen LogP contribution is 2.16. The van der Waals surface area contributed by atoms with E-state index in [0.717, 1.165) is 38.6 Å². The van der Waals surface area contributed by atoms with Gasteiger partial charge in [-0.2, -0.15) is 0 Å². The Labute approximate surface area is 140 Å². The number of nitrogens with one attached hydrogen (secondary N) is 2. The topological polar surface area (TPSA) is 60.0 Å². The first-order valence-electron chi connectivity index (χ1n) is 9.16. The third-order valence-electron chi connectivity index (χ3n) is 4.93. The molecule has 2 aliphatic rings. The van der Waals surface area contributed by atoms with Crippen LogP contribution in [0.3, 0.4) is 0 Å². The van der Waals surface area contributed by atoms with Crippen molar-refractivity contribution in [1.29, 1.82) is 0 Å². The SMILES string of the molecule is CCNC(=NCC1CCCCN1CC)NC1CCC(=O)N(C)C1.